The maximum absolute atomic E-state index is 13.4. The van der Waals surface area contributed by atoms with Gasteiger partial charge in [-0.1, -0.05) is 23.2 Å². The van der Waals surface area contributed by atoms with Gasteiger partial charge in [0.05, 0.1) is 10.0 Å². The fourth-order valence-corrected chi connectivity index (χ4v) is 1.93. The lowest BCUT2D eigenvalue weighted by Gasteiger charge is -2.05. The van der Waals surface area contributed by atoms with Crippen LogP contribution in [0.15, 0.2) is 29.1 Å². The summed E-state index contributed by atoms with van der Waals surface area (Å²) in [4.78, 5) is 13.9. The molecule has 1 aromatic carbocycles. The number of hydrogen-bond donors (Lipinski definition) is 1. The maximum atomic E-state index is 13.4. The molecule has 0 amide bonds. The SMILES string of the molecule is N#Cc1ccc(-c2cc(F)c(Cl)cc2Cl)[nH]c1=O. The Balaban J connectivity index is 2.63. The second-order valence-corrected chi connectivity index (χ2v) is 4.29. The van der Waals surface area contributed by atoms with Crippen LogP contribution in [-0.2, 0) is 0 Å². The Kier molecular flexibility index (Phi) is 3.37. The third kappa shape index (κ3) is 2.23. The zero-order valence-electron chi connectivity index (χ0n) is 8.80. The van der Waals surface area contributed by atoms with Crippen molar-refractivity contribution >= 4 is 23.2 Å². The van der Waals surface area contributed by atoms with Crippen LogP contribution < -0.4 is 5.56 Å². The average molecular weight is 283 g/mol. The van der Waals surface area contributed by atoms with Crippen LogP contribution in [0.1, 0.15) is 5.56 Å². The van der Waals surface area contributed by atoms with E-state index in [0.717, 1.165) is 6.07 Å². The number of aromatic amines is 1. The van der Waals surface area contributed by atoms with Crippen molar-refractivity contribution in [1.82, 2.24) is 4.98 Å². The first kappa shape index (κ1) is 12.6. The fourth-order valence-electron chi connectivity index (χ4n) is 1.45. The van der Waals surface area contributed by atoms with Gasteiger partial charge in [0.15, 0.2) is 0 Å². The van der Waals surface area contributed by atoms with Gasteiger partial charge in [0.1, 0.15) is 17.4 Å². The number of rotatable bonds is 1. The molecular weight excluding hydrogens is 278 g/mol. The van der Waals surface area contributed by atoms with Crippen molar-refractivity contribution < 1.29 is 4.39 Å². The van der Waals surface area contributed by atoms with Crippen LogP contribution >= 0.6 is 23.2 Å². The van der Waals surface area contributed by atoms with E-state index in [1.54, 1.807) is 6.07 Å². The zero-order valence-corrected chi connectivity index (χ0v) is 10.3. The molecule has 1 aromatic heterocycles. The highest BCUT2D eigenvalue weighted by Gasteiger charge is 2.10. The van der Waals surface area contributed by atoms with Gasteiger partial charge in [0.2, 0.25) is 0 Å². The van der Waals surface area contributed by atoms with Gasteiger partial charge < -0.3 is 4.98 Å². The second kappa shape index (κ2) is 4.81. The molecule has 0 atom stereocenters. The Morgan fingerprint density at radius 2 is 1.94 bits per heavy atom. The third-order valence-electron chi connectivity index (χ3n) is 2.33. The number of nitrogens with one attached hydrogen (secondary N) is 1. The van der Waals surface area contributed by atoms with E-state index in [-0.39, 0.29) is 15.6 Å². The van der Waals surface area contributed by atoms with Crippen LogP contribution in [-0.4, -0.2) is 4.98 Å². The lowest BCUT2D eigenvalue weighted by molar-refractivity contribution is 0.628. The minimum atomic E-state index is -0.638. The first-order valence-electron chi connectivity index (χ1n) is 4.81. The number of benzene rings is 1. The third-order valence-corrected chi connectivity index (χ3v) is 2.93. The summed E-state index contributed by atoms with van der Waals surface area (Å²) >= 11 is 11.5. The molecule has 0 aliphatic heterocycles. The standard InChI is InChI=1S/C12H5Cl2FN2O/c13-8-4-9(14)10(15)3-7(8)11-2-1-6(5-16)12(18)17-11/h1-4H,(H,17,18). The van der Waals surface area contributed by atoms with Crippen molar-refractivity contribution in [1.29, 1.82) is 5.26 Å². The molecule has 0 saturated carbocycles. The van der Waals surface area contributed by atoms with Crippen LogP contribution in [0.5, 0.6) is 0 Å². The van der Waals surface area contributed by atoms with Gasteiger partial charge in [-0.3, -0.25) is 4.79 Å². The molecule has 18 heavy (non-hydrogen) atoms. The smallest absolute Gasteiger partial charge is 0.266 e. The van der Waals surface area contributed by atoms with Crippen molar-refractivity contribution in [3.63, 3.8) is 0 Å². The zero-order chi connectivity index (χ0) is 13.3. The average Bonchev–Trinajstić information content (AvgIpc) is 2.33. The number of pyridine rings is 1. The molecule has 0 bridgehead atoms. The topological polar surface area (TPSA) is 56.6 Å². The van der Waals surface area contributed by atoms with Crippen LogP contribution in [0, 0.1) is 17.1 Å². The number of aromatic nitrogens is 1. The molecule has 0 saturated heterocycles. The monoisotopic (exact) mass is 282 g/mol. The van der Waals surface area contributed by atoms with E-state index in [1.165, 1.54) is 18.2 Å². The highest BCUT2D eigenvalue weighted by molar-refractivity contribution is 6.36. The van der Waals surface area contributed by atoms with Crippen molar-refractivity contribution in [3.8, 4) is 17.3 Å². The molecule has 0 spiro atoms. The van der Waals surface area contributed by atoms with Crippen molar-refractivity contribution in [2.45, 2.75) is 0 Å². The minimum Gasteiger partial charge on any atom is -0.321 e. The highest BCUT2D eigenvalue weighted by Crippen LogP contribution is 2.30. The molecule has 6 heteroatoms. The number of nitrogens with zero attached hydrogens (tertiary/aromatic N) is 1. The number of halogens is 3. The first-order valence-corrected chi connectivity index (χ1v) is 5.57. The van der Waals surface area contributed by atoms with E-state index in [1.807, 2.05) is 0 Å². The van der Waals surface area contributed by atoms with Gasteiger partial charge in [0.25, 0.3) is 5.56 Å². The van der Waals surface area contributed by atoms with E-state index in [9.17, 15) is 9.18 Å². The predicted molar refractivity (Wildman–Crippen MR) is 67.2 cm³/mol. The predicted octanol–water partition coefficient (Wildman–Crippen LogP) is 3.36. The molecule has 2 aromatic rings. The maximum Gasteiger partial charge on any atom is 0.266 e. The fraction of sp³-hybridized carbons (Fsp3) is 0. The summed E-state index contributed by atoms with van der Waals surface area (Å²) in [5, 5.41) is 8.75. The van der Waals surface area contributed by atoms with Crippen molar-refractivity contribution in [3.05, 3.63) is 56.0 Å². The Bertz CT molecular complexity index is 719. The van der Waals surface area contributed by atoms with Gasteiger partial charge in [-0.15, -0.1) is 0 Å². The summed E-state index contributed by atoms with van der Waals surface area (Å²) in [5.74, 6) is -0.638. The first-order chi connectivity index (χ1) is 8.52. The lowest BCUT2D eigenvalue weighted by Crippen LogP contribution is -2.10. The van der Waals surface area contributed by atoms with Gasteiger partial charge in [-0.05, 0) is 24.3 Å². The number of hydrogen-bond acceptors (Lipinski definition) is 2. The molecule has 3 nitrogen and oxygen atoms in total. The van der Waals surface area contributed by atoms with E-state index in [4.69, 9.17) is 28.5 Å². The lowest BCUT2D eigenvalue weighted by atomic mass is 10.1. The Labute approximate surface area is 111 Å². The second-order valence-electron chi connectivity index (χ2n) is 3.47. The van der Waals surface area contributed by atoms with E-state index < -0.39 is 11.4 Å². The Morgan fingerprint density at radius 1 is 1.22 bits per heavy atom. The summed E-state index contributed by atoms with van der Waals surface area (Å²) < 4.78 is 13.4. The highest BCUT2D eigenvalue weighted by atomic mass is 35.5. The summed E-state index contributed by atoms with van der Waals surface area (Å²) in [6.07, 6.45) is 0. The molecule has 1 heterocycles. The van der Waals surface area contributed by atoms with E-state index in [0.29, 0.717) is 11.3 Å². The molecule has 0 aliphatic rings. The Hall–Kier alpha value is -1.83. The quantitative estimate of drug-likeness (QED) is 0.816. The van der Waals surface area contributed by atoms with Gasteiger partial charge in [-0.2, -0.15) is 5.26 Å². The van der Waals surface area contributed by atoms with Crippen molar-refractivity contribution in [2.75, 3.05) is 0 Å². The van der Waals surface area contributed by atoms with Crippen LogP contribution in [0.4, 0.5) is 4.39 Å². The van der Waals surface area contributed by atoms with Gasteiger partial charge in [0, 0.05) is 11.3 Å². The molecule has 90 valence electrons. The van der Waals surface area contributed by atoms with Crippen LogP contribution in [0.2, 0.25) is 10.0 Å². The van der Waals surface area contributed by atoms with Gasteiger partial charge in [-0.25, -0.2) is 4.39 Å². The summed E-state index contributed by atoms with van der Waals surface area (Å²) in [6, 6.07) is 6.94. The van der Waals surface area contributed by atoms with E-state index in [2.05, 4.69) is 4.98 Å². The van der Waals surface area contributed by atoms with Crippen LogP contribution in [0.25, 0.3) is 11.3 Å². The summed E-state index contributed by atoms with van der Waals surface area (Å²) in [7, 11) is 0. The van der Waals surface area contributed by atoms with E-state index >= 15 is 0 Å². The molecule has 2 rings (SSSR count). The Morgan fingerprint density at radius 3 is 2.56 bits per heavy atom. The molecule has 1 N–H and O–H groups in total. The number of H-pyrrole nitrogens is 1. The minimum absolute atomic E-state index is 0.0238. The molecule has 0 fully saturated rings. The largest absolute Gasteiger partial charge is 0.321 e. The van der Waals surface area contributed by atoms with Gasteiger partial charge >= 0.3 is 0 Å². The molecule has 0 radical (unpaired) electrons. The number of nitriles is 1. The molecule has 0 unspecified atom stereocenters. The normalized spacial score (nSPS) is 10.1. The van der Waals surface area contributed by atoms with Crippen LogP contribution in [0.3, 0.4) is 0 Å². The summed E-state index contributed by atoms with van der Waals surface area (Å²) in [5.41, 5.74) is 0.0467. The molecular formula is C12H5Cl2FN2O. The summed E-state index contributed by atoms with van der Waals surface area (Å²) in [6.45, 7) is 0. The molecule has 0 aliphatic carbocycles. The van der Waals surface area contributed by atoms with Crippen molar-refractivity contribution in [2.24, 2.45) is 0 Å².